The van der Waals surface area contributed by atoms with Gasteiger partial charge in [-0.15, -0.1) is 0 Å². The number of amides is 1. The number of nitrogens with one attached hydrogen (secondary N) is 2. The lowest BCUT2D eigenvalue weighted by Gasteiger charge is -2.09. The maximum Gasteiger partial charge on any atom is 0.274 e. The summed E-state index contributed by atoms with van der Waals surface area (Å²) >= 11 is 0. The quantitative estimate of drug-likeness (QED) is 0.408. The fraction of sp³-hybridized carbons (Fsp3) is 0.133. The van der Waals surface area contributed by atoms with Crippen molar-refractivity contribution < 1.29 is 31.6 Å². The van der Waals surface area contributed by atoms with Crippen molar-refractivity contribution in [3.63, 3.8) is 0 Å². The predicted octanol–water partition coefficient (Wildman–Crippen LogP) is 1.74. The summed E-state index contributed by atoms with van der Waals surface area (Å²) in [4.78, 5) is 10.2. The van der Waals surface area contributed by atoms with E-state index in [1.54, 1.807) is 0 Å². The van der Waals surface area contributed by atoms with Crippen molar-refractivity contribution in [2.24, 2.45) is 0 Å². The Balaban J connectivity index is 2.03. The van der Waals surface area contributed by atoms with Crippen molar-refractivity contribution >= 4 is 15.9 Å². The molecule has 0 aliphatic rings. The molecule has 0 aromatic heterocycles. The van der Waals surface area contributed by atoms with Gasteiger partial charge in [0.05, 0.1) is 0 Å². The Morgan fingerprint density at radius 2 is 1.64 bits per heavy atom. The fourth-order valence-corrected chi connectivity index (χ4v) is 3.11. The molecule has 0 saturated carbocycles. The van der Waals surface area contributed by atoms with Gasteiger partial charge in [0.25, 0.3) is 5.91 Å². The van der Waals surface area contributed by atoms with Crippen LogP contribution in [-0.4, -0.2) is 26.1 Å². The summed E-state index contributed by atoms with van der Waals surface area (Å²) < 4.78 is 65.6. The van der Waals surface area contributed by atoms with E-state index in [0.29, 0.717) is 17.7 Å². The number of rotatable bonds is 6. The molecule has 10 heteroatoms. The van der Waals surface area contributed by atoms with Gasteiger partial charge in [0, 0.05) is 12.1 Å². The summed E-state index contributed by atoms with van der Waals surface area (Å²) in [5, 5.41) is 8.50. The maximum atomic E-state index is 13.6. The van der Waals surface area contributed by atoms with Crippen LogP contribution < -0.4 is 10.2 Å². The molecule has 25 heavy (non-hydrogen) atoms. The van der Waals surface area contributed by atoms with E-state index in [4.69, 9.17) is 5.21 Å². The first-order valence-electron chi connectivity index (χ1n) is 6.93. The van der Waals surface area contributed by atoms with E-state index in [0.717, 1.165) is 0 Å². The predicted molar refractivity (Wildman–Crippen MR) is 80.9 cm³/mol. The highest BCUT2D eigenvalue weighted by molar-refractivity contribution is 7.89. The van der Waals surface area contributed by atoms with Crippen LogP contribution in [0.1, 0.15) is 15.9 Å². The molecule has 3 N–H and O–H groups in total. The minimum atomic E-state index is -4.35. The van der Waals surface area contributed by atoms with Crippen molar-refractivity contribution in [1.29, 1.82) is 0 Å². The van der Waals surface area contributed by atoms with Crippen molar-refractivity contribution in [3.8, 4) is 0 Å². The first-order chi connectivity index (χ1) is 11.8. The monoisotopic (exact) mass is 374 g/mol. The topological polar surface area (TPSA) is 95.5 Å². The van der Waals surface area contributed by atoms with Crippen molar-refractivity contribution in [3.05, 3.63) is 65.0 Å². The first kappa shape index (κ1) is 18.9. The highest BCUT2D eigenvalue weighted by atomic mass is 32.2. The van der Waals surface area contributed by atoms with Crippen LogP contribution in [0.5, 0.6) is 0 Å². The number of sulfonamides is 1. The maximum absolute atomic E-state index is 13.6. The number of hydroxylamine groups is 1. The van der Waals surface area contributed by atoms with Crippen molar-refractivity contribution in [2.45, 2.75) is 11.3 Å². The standard InChI is InChI=1S/C15H13F3N2O4S/c16-11-5-6-12(14(18)13(11)17)25(23,24)19-8-7-9-1-3-10(4-2-9)15(21)20-22/h1-6,19,22H,7-8H2,(H,20,21). The minimum Gasteiger partial charge on any atom is -0.288 e. The minimum absolute atomic E-state index is 0.133. The zero-order chi connectivity index (χ0) is 18.6. The zero-order valence-electron chi connectivity index (χ0n) is 12.6. The molecule has 2 aromatic rings. The first-order valence-corrected chi connectivity index (χ1v) is 8.41. The van der Waals surface area contributed by atoms with Crippen LogP contribution in [0.4, 0.5) is 13.2 Å². The normalized spacial score (nSPS) is 11.4. The molecule has 0 bridgehead atoms. The van der Waals surface area contributed by atoms with Gasteiger partial charge in [-0.25, -0.2) is 31.8 Å². The Morgan fingerprint density at radius 1 is 1.00 bits per heavy atom. The second-order valence-electron chi connectivity index (χ2n) is 4.96. The van der Waals surface area contributed by atoms with E-state index in [2.05, 4.69) is 4.72 Å². The van der Waals surface area contributed by atoms with E-state index in [9.17, 15) is 26.4 Å². The molecular weight excluding hydrogens is 361 g/mol. The van der Waals surface area contributed by atoms with Crippen LogP contribution >= 0.6 is 0 Å². The highest BCUT2D eigenvalue weighted by Crippen LogP contribution is 2.19. The lowest BCUT2D eigenvalue weighted by atomic mass is 10.1. The Kier molecular flexibility index (Phi) is 5.77. The molecule has 0 heterocycles. The fourth-order valence-electron chi connectivity index (χ4n) is 2.01. The van der Waals surface area contributed by atoms with Gasteiger partial charge < -0.3 is 0 Å². The van der Waals surface area contributed by atoms with Crippen LogP contribution in [-0.2, 0) is 16.4 Å². The average molecular weight is 374 g/mol. The van der Waals surface area contributed by atoms with Crippen molar-refractivity contribution in [2.75, 3.05) is 6.54 Å². The van der Waals surface area contributed by atoms with Crippen LogP contribution in [0, 0.1) is 17.5 Å². The molecule has 0 fully saturated rings. The number of carbonyl (C=O) groups is 1. The van der Waals surface area contributed by atoms with Crippen molar-refractivity contribution in [1.82, 2.24) is 10.2 Å². The number of hydrogen-bond donors (Lipinski definition) is 3. The number of benzene rings is 2. The van der Waals surface area contributed by atoms with E-state index in [1.807, 2.05) is 0 Å². The van der Waals surface area contributed by atoms with E-state index in [-0.39, 0.29) is 18.5 Å². The number of carbonyl (C=O) groups excluding carboxylic acids is 1. The molecule has 2 rings (SSSR count). The molecule has 1 amide bonds. The summed E-state index contributed by atoms with van der Waals surface area (Å²) in [6.07, 6.45) is 0.200. The lowest BCUT2D eigenvalue weighted by molar-refractivity contribution is 0.0706. The SMILES string of the molecule is O=C(NO)c1ccc(CCNS(=O)(=O)c2ccc(F)c(F)c2F)cc1. The van der Waals surface area contributed by atoms with Gasteiger partial charge in [-0.1, -0.05) is 12.1 Å². The molecule has 134 valence electrons. The third-order valence-electron chi connectivity index (χ3n) is 3.31. The van der Waals surface area contributed by atoms with Gasteiger partial charge in [0.15, 0.2) is 17.5 Å². The third-order valence-corrected chi connectivity index (χ3v) is 4.79. The summed E-state index contributed by atoms with van der Waals surface area (Å²) in [6.45, 7) is -0.133. The largest absolute Gasteiger partial charge is 0.288 e. The van der Waals surface area contributed by atoms with Crippen LogP contribution in [0.2, 0.25) is 0 Å². The Bertz CT molecular complexity index is 886. The number of halogens is 3. The van der Waals surface area contributed by atoms with Crippen LogP contribution in [0.25, 0.3) is 0 Å². The molecule has 0 spiro atoms. The molecule has 2 aromatic carbocycles. The van der Waals surface area contributed by atoms with E-state index in [1.165, 1.54) is 29.7 Å². The van der Waals surface area contributed by atoms with E-state index < -0.39 is 38.3 Å². The van der Waals surface area contributed by atoms with Gasteiger partial charge in [-0.3, -0.25) is 10.0 Å². The second kappa shape index (κ2) is 7.64. The Morgan fingerprint density at radius 3 is 2.24 bits per heavy atom. The summed E-state index contributed by atoms with van der Waals surface area (Å²) in [5.41, 5.74) is 2.33. The second-order valence-corrected chi connectivity index (χ2v) is 6.69. The van der Waals surface area contributed by atoms with Gasteiger partial charge in [0.2, 0.25) is 10.0 Å². The highest BCUT2D eigenvalue weighted by Gasteiger charge is 2.23. The van der Waals surface area contributed by atoms with E-state index >= 15 is 0 Å². The Labute approximate surface area is 141 Å². The Hall–Kier alpha value is -2.43. The molecule has 0 unspecified atom stereocenters. The van der Waals surface area contributed by atoms with Crippen LogP contribution in [0.3, 0.4) is 0 Å². The zero-order valence-corrected chi connectivity index (χ0v) is 13.4. The molecular formula is C15H13F3N2O4S. The molecule has 0 aliphatic carbocycles. The molecule has 0 radical (unpaired) electrons. The third kappa shape index (κ3) is 4.35. The molecule has 0 saturated heterocycles. The lowest BCUT2D eigenvalue weighted by Crippen LogP contribution is -2.27. The molecule has 0 atom stereocenters. The van der Waals surface area contributed by atoms with Gasteiger partial charge in [0.1, 0.15) is 4.90 Å². The summed E-state index contributed by atoms with van der Waals surface area (Å²) in [7, 11) is -4.35. The van der Waals surface area contributed by atoms with Gasteiger partial charge >= 0.3 is 0 Å². The summed E-state index contributed by atoms with van der Waals surface area (Å²) in [6, 6.07) is 7.08. The molecule has 0 aliphatic heterocycles. The van der Waals surface area contributed by atoms with Gasteiger partial charge in [-0.2, -0.15) is 0 Å². The summed E-state index contributed by atoms with van der Waals surface area (Å²) in [5.74, 6) is -5.82. The average Bonchev–Trinajstić information content (AvgIpc) is 2.59. The molecule has 6 nitrogen and oxygen atoms in total. The number of hydrogen-bond acceptors (Lipinski definition) is 4. The van der Waals surface area contributed by atoms with Gasteiger partial charge in [-0.05, 0) is 36.2 Å². The smallest absolute Gasteiger partial charge is 0.274 e. The van der Waals surface area contributed by atoms with Crippen LogP contribution in [0.15, 0.2) is 41.3 Å².